The number of aryl methyl sites for hydroxylation is 1. The minimum Gasteiger partial charge on any atom is -0.347 e. The quantitative estimate of drug-likeness (QED) is 0.830. The van der Waals surface area contributed by atoms with E-state index in [9.17, 15) is 14.4 Å². The number of rotatable bonds is 5. The van der Waals surface area contributed by atoms with Crippen molar-refractivity contribution < 1.29 is 14.4 Å². The Hall–Kier alpha value is -2.38. The van der Waals surface area contributed by atoms with Crippen LogP contribution >= 0.6 is 0 Å². The number of nitrogens with zero attached hydrogens (tertiary/aromatic N) is 3. The SMILES string of the molecule is CN(C)C(=O)CNC(=O)c1cc(NC(=O)C2CCCCC2)n(C)n1. The summed E-state index contributed by atoms with van der Waals surface area (Å²) in [6.45, 7) is -0.0911. The molecule has 1 saturated carbocycles. The molecule has 0 radical (unpaired) electrons. The maximum absolute atomic E-state index is 12.3. The number of carbonyl (C=O) groups is 3. The maximum atomic E-state index is 12.3. The number of aromatic nitrogens is 2. The molecule has 1 heterocycles. The molecule has 1 aromatic heterocycles. The molecule has 0 atom stereocenters. The van der Waals surface area contributed by atoms with Gasteiger partial charge in [-0.15, -0.1) is 0 Å². The summed E-state index contributed by atoms with van der Waals surface area (Å²) in [7, 11) is 4.90. The average molecular weight is 335 g/mol. The van der Waals surface area contributed by atoms with Gasteiger partial charge in [0.15, 0.2) is 5.69 Å². The molecule has 1 fully saturated rings. The zero-order valence-electron chi connectivity index (χ0n) is 14.5. The van der Waals surface area contributed by atoms with E-state index in [1.165, 1.54) is 22.1 Å². The lowest BCUT2D eigenvalue weighted by atomic mass is 9.89. The van der Waals surface area contributed by atoms with Crippen molar-refractivity contribution in [3.05, 3.63) is 11.8 Å². The number of likely N-dealkylation sites (N-methyl/N-ethyl adjacent to an activating group) is 1. The van der Waals surface area contributed by atoms with E-state index in [-0.39, 0.29) is 30.0 Å². The lowest BCUT2D eigenvalue weighted by molar-refractivity contribution is -0.127. The van der Waals surface area contributed by atoms with Gasteiger partial charge in [-0.25, -0.2) is 0 Å². The standard InChI is InChI=1S/C16H25N5O3/c1-20(2)14(22)10-17-16(24)12-9-13(21(3)19-12)18-15(23)11-7-5-4-6-8-11/h9,11H,4-8,10H2,1-3H3,(H,17,24)(H,18,23). The first-order chi connectivity index (χ1) is 11.4. The topological polar surface area (TPSA) is 96.3 Å². The molecule has 2 N–H and O–H groups in total. The maximum Gasteiger partial charge on any atom is 0.272 e. The second kappa shape index (κ2) is 7.94. The Morgan fingerprint density at radius 1 is 1.25 bits per heavy atom. The molecule has 1 aromatic rings. The average Bonchev–Trinajstić information content (AvgIpc) is 2.93. The summed E-state index contributed by atoms with van der Waals surface area (Å²) in [5, 5.41) is 9.46. The van der Waals surface area contributed by atoms with E-state index in [1.54, 1.807) is 21.1 Å². The van der Waals surface area contributed by atoms with Crippen LogP contribution in [0.1, 0.15) is 42.6 Å². The van der Waals surface area contributed by atoms with Crippen molar-refractivity contribution in [1.82, 2.24) is 20.0 Å². The van der Waals surface area contributed by atoms with Crippen molar-refractivity contribution in [1.29, 1.82) is 0 Å². The molecule has 1 aliphatic carbocycles. The highest BCUT2D eigenvalue weighted by atomic mass is 16.2. The first-order valence-corrected chi connectivity index (χ1v) is 8.21. The van der Waals surface area contributed by atoms with Crippen molar-refractivity contribution >= 4 is 23.5 Å². The first-order valence-electron chi connectivity index (χ1n) is 8.21. The van der Waals surface area contributed by atoms with Crippen LogP contribution in [0.25, 0.3) is 0 Å². The van der Waals surface area contributed by atoms with E-state index in [2.05, 4.69) is 15.7 Å². The molecule has 0 aliphatic heterocycles. The lowest BCUT2D eigenvalue weighted by Gasteiger charge is -2.20. The van der Waals surface area contributed by atoms with Gasteiger partial charge in [-0.1, -0.05) is 19.3 Å². The Morgan fingerprint density at radius 3 is 2.54 bits per heavy atom. The molecule has 8 heteroatoms. The van der Waals surface area contributed by atoms with Gasteiger partial charge in [-0.2, -0.15) is 5.10 Å². The monoisotopic (exact) mass is 335 g/mol. The molecule has 2 rings (SSSR count). The Labute approximate surface area is 141 Å². The third-order valence-corrected chi connectivity index (χ3v) is 4.24. The van der Waals surface area contributed by atoms with E-state index in [0.29, 0.717) is 5.82 Å². The fourth-order valence-corrected chi connectivity index (χ4v) is 2.69. The number of amides is 3. The van der Waals surface area contributed by atoms with Gasteiger partial charge >= 0.3 is 0 Å². The van der Waals surface area contributed by atoms with Gasteiger partial charge in [0, 0.05) is 33.1 Å². The van der Waals surface area contributed by atoms with E-state index < -0.39 is 5.91 Å². The van der Waals surface area contributed by atoms with Crippen LogP contribution in [0.4, 0.5) is 5.82 Å². The van der Waals surface area contributed by atoms with Crippen molar-refractivity contribution in [2.75, 3.05) is 26.0 Å². The smallest absolute Gasteiger partial charge is 0.272 e. The van der Waals surface area contributed by atoms with Crippen LogP contribution in [0.5, 0.6) is 0 Å². The number of carbonyl (C=O) groups excluding carboxylic acids is 3. The van der Waals surface area contributed by atoms with Gasteiger partial charge in [-0.05, 0) is 12.8 Å². The molecule has 24 heavy (non-hydrogen) atoms. The summed E-state index contributed by atoms with van der Waals surface area (Å²) >= 11 is 0. The Bertz CT molecular complexity index is 617. The number of hydrogen-bond acceptors (Lipinski definition) is 4. The Morgan fingerprint density at radius 2 is 1.92 bits per heavy atom. The predicted molar refractivity (Wildman–Crippen MR) is 89.4 cm³/mol. The van der Waals surface area contributed by atoms with Gasteiger partial charge < -0.3 is 15.5 Å². The highest BCUT2D eigenvalue weighted by molar-refractivity contribution is 5.97. The molecule has 8 nitrogen and oxygen atoms in total. The van der Waals surface area contributed by atoms with Gasteiger partial charge in [0.1, 0.15) is 5.82 Å². The first kappa shape index (κ1) is 18.0. The van der Waals surface area contributed by atoms with Gasteiger partial charge in [-0.3, -0.25) is 19.1 Å². The van der Waals surface area contributed by atoms with Crippen LogP contribution in [-0.2, 0) is 16.6 Å². The van der Waals surface area contributed by atoms with Crippen molar-refractivity contribution in [2.45, 2.75) is 32.1 Å². The minimum absolute atomic E-state index is 0.0209. The molecular formula is C16H25N5O3. The van der Waals surface area contributed by atoms with Crippen LogP contribution < -0.4 is 10.6 Å². The molecule has 0 saturated heterocycles. The zero-order valence-corrected chi connectivity index (χ0v) is 14.5. The second-order valence-electron chi connectivity index (χ2n) is 6.33. The third-order valence-electron chi connectivity index (χ3n) is 4.24. The van der Waals surface area contributed by atoms with Crippen LogP contribution in [0.15, 0.2) is 6.07 Å². The number of nitrogens with one attached hydrogen (secondary N) is 2. The normalized spacial score (nSPS) is 15.0. The summed E-state index contributed by atoms with van der Waals surface area (Å²) in [5.74, 6) is -0.158. The highest BCUT2D eigenvalue weighted by Gasteiger charge is 2.23. The predicted octanol–water partition coefficient (Wildman–Crippen LogP) is 0.757. The summed E-state index contributed by atoms with van der Waals surface area (Å²) in [6, 6.07) is 1.52. The molecule has 1 aliphatic rings. The molecule has 0 unspecified atom stereocenters. The summed E-state index contributed by atoms with van der Waals surface area (Å²) in [4.78, 5) is 37.2. The zero-order chi connectivity index (χ0) is 17.7. The van der Waals surface area contributed by atoms with Crippen LogP contribution in [0.2, 0.25) is 0 Å². The van der Waals surface area contributed by atoms with E-state index in [1.807, 2.05) is 0 Å². The minimum atomic E-state index is -0.445. The molecular weight excluding hydrogens is 310 g/mol. The van der Waals surface area contributed by atoms with Gasteiger partial charge in [0.05, 0.1) is 6.54 Å². The molecule has 0 spiro atoms. The number of anilines is 1. The van der Waals surface area contributed by atoms with Gasteiger partial charge in [0.2, 0.25) is 11.8 Å². The van der Waals surface area contributed by atoms with E-state index >= 15 is 0 Å². The Balaban J connectivity index is 1.95. The van der Waals surface area contributed by atoms with Crippen LogP contribution in [-0.4, -0.2) is 53.0 Å². The fourth-order valence-electron chi connectivity index (χ4n) is 2.69. The molecule has 0 bridgehead atoms. The summed E-state index contributed by atoms with van der Waals surface area (Å²) < 4.78 is 1.46. The second-order valence-corrected chi connectivity index (χ2v) is 6.33. The van der Waals surface area contributed by atoms with Gasteiger partial charge in [0.25, 0.3) is 5.91 Å². The molecule has 0 aromatic carbocycles. The van der Waals surface area contributed by atoms with E-state index in [0.717, 1.165) is 25.7 Å². The lowest BCUT2D eigenvalue weighted by Crippen LogP contribution is -2.36. The van der Waals surface area contributed by atoms with E-state index in [4.69, 9.17) is 0 Å². The molecule has 3 amide bonds. The Kier molecular flexibility index (Phi) is 5.94. The third kappa shape index (κ3) is 4.56. The largest absolute Gasteiger partial charge is 0.347 e. The molecule has 132 valence electrons. The summed E-state index contributed by atoms with van der Waals surface area (Å²) in [6.07, 6.45) is 5.16. The number of hydrogen-bond donors (Lipinski definition) is 2. The highest BCUT2D eigenvalue weighted by Crippen LogP contribution is 2.25. The van der Waals surface area contributed by atoms with Crippen molar-refractivity contribution in [3.8, 4) is 0 Å². The van der Waals surface area contributed by atoms with Crippen molar-refractivity contribution in [2.24, 2.45) is 13.0 Å². The van der Waals surface area contributed by atoms with Crippen molar-refractivity contribution in [3.63, 3.8) is 0 Å². The van der Waals surface area contributed by atoms with Crippen LogP contribution in [0, 0.1) is 5.92 Å². The van der Waals surface area contributed by atoms with Crippen LogP contribution in [0.3, 0.4) is 0 Å². The fraction of sp³-hybridized carbons (Fsp3) is 0.625. The summed E-state index contributed by atoms with van der Waals surface area (Å²) in [5.41, 5.74) is 0.169.